The molecule has 0 amide bonds. The molecule has 0 unspecified atom stereocenters. The third-order valence-corrected chi connectivity index (χ3v) is 2.76. The zero-order valence-corrected chi connectivity index (χ0v) is 10.4. The third-order valence-electron chi connectivity index (χ3n) is 2.76. The zero-order chi connectivity index (χ0) is 13.8. The molecule has 0 fully saturated rings. The maximum Gasteiger partial charge on any atom is 0.386 e. The summed E-state index contributed by atoms with van der Waals surface area (Å²) in [5.41, 5.74) is -0.946. The molecule has 1 aromatic carbocycles. The van der Waals surface area contributed by atoms with Gasteiger partial charge in [0.15, 0.2) is 0 Å². The fourth-order valence-electron chi connectivity index (χ4n) is 1.68. The Morgan fingerprint density at radius 1 is 1.11 bits per heavy atom. The van der Waals surface area contributed by atoms with Gasteiger partial charge in [0.1, 0.15) is 11.6 Å². The summed E-state index contributed by atoms with van der Waals surface area (Å²) in [4.78, 5) is 0. The Kier molecular flexibility index (Phi) is 5.14. The highest BCUT2D eigenvalue weighted by Crippen LogP contribution is 2.32. The summed E-state index contributed by atoms with van der Waals surface area (Å²) in [7, 11) is 0.743. The van der Waals surface area contributed by atoms with Gasteiger partial charge >= 0.3 is 6.11 Å². The molecule has 0 aliphatic rings. The molecule has 0 bridgehead atoms. The van der Waals surface area contributed by atoms with E-state index in [2.05, 4.69) is 4.74 Å². The van der Waals surface area contributed by atoms with Crippen LogP contribution in [-0.2, 0) is 17.3 Å². The quantitative estimate of drug-likeness (QED) is 0.547. The molecule has 0 N–H and O–H groups in total. The molecule has 0 radical (unpaired) electrons. The van der Waals surface area contributed by atoms with Crippen LogP contribution in [0.3, 0.4) is 0 Å². The van der Waals surface area contributed by atoms with Gasteiger partial charge in [-0.05, 0) is 30.5 Å². The summed E-state index contributed by atoms with van der Waals surface area (Å²) in [6.45, 7) is 1.99. The number of ether oxygens (including phenoxy) is 1. The SMILES string of the molecule is CCCCCc1cc(F)c(C(F)(F)OC)cc1F. The predicted molar refractivity (Wildman–Crippen MR) is 60.5 cm³/mol. The Hall–Kier alpha value is -1.10. The Balaban J connectivity index is 2.97. The molecule has 5 heteroatoms. The number of hydrogen-bond donors (Lipinski definition) is 0. The van der Waals surface area contributed by atoms with E-state index >= 15 is 0 Å². The number of hydrogen-bond acceptors (Lipinski definition) is 1. The molecule has 0 saturated carbocycles. The van der Waals surface area contributed by atoms with Gasteiger partial charge in [0, 0.05) is 7.11 Å². The first kappa shape index (κ1) is 15.0. The lowest BCUT2D eigenvalue weighted by Crippen LogP contribution is -2.18. The maximum absolute atomic E-state index is 13.6. The van der Waals surface area contributed by atoms with E-state index in [1.165, 1.54) is 0 Å². The summed E-state index contributed by atoms with van der Waals surface area (Å²) >= 11 is 0. The second kappa shape index (κ2) is 6.18. The normalized spacial score (nSPS) is 11.9. The Labute approximate surface area is 104 Å². The van der Waals surface area contributed by atoms with Crippen LogP contribution in [-0.4, -0.2) is 7.11 Å². The topological polar surface area (TPSA) is 9.23 Å². The van der Waals surface area contributed by atoms with Gasteiger partial charge in [-0.15, -0.1) is 0 Å². The Bertz CT molecular complexity index is 404. The van der Waals surface area contributed by atoms with E-state index in [9.17, 15) is 17.6 Å². The highest BCUT2D eigenvalue weighted by Gasteiger charge is 2.35. The van der Waals surface area contributed by atoms with Gasteiger partial charge in [0.25, 0.3) is 0 Å². The smallest absolute Gasteiger partial charge is 0.320 e. The molecule has 1 aromatic rings. The van der Waals surface area contributed by atoms with Gasteiger partial charge in [0.05, 0.1) is 5.56 Å². The number of aryl methyl sites for hydroxylation is 1. The van der Waals surface area contributed by atoms with E-state index in [0.717, 1.165) is 26.0 Å². The number of halogens is 4. The van der Waals surface area contributed by atoms with Gasteiger partial charge < -0.3 is 4.74 Å². The largest absolute Gasteiger partial charge is 0.386 e. The van der Waals surface area contributed by atoms with E-state index in [1.54, 1.807) is 0 Å². The molecule has 102 valence electrons. The minimum atomic E-state index is -3.81. The van der Waals surface area contributed by atoms with Crippen LogP contribution < -0.4 is 0 Å². The average Bonchev–Trinajstić information content (AvgIpc) is 2.33. The van der Waals surface area contributed by atoms with E-state index in [0.29, 0.717) is 18.9 Å². The second-order valence-corrected chi connectivity index (χ2v) is 4.10. The van der Waals surface area contributed by atoms with Crippen LogP contribution in [0.5, 0.6) is 0 Å². The van der Waals surface area contributed by atoms with Crippen molar-refractivity contribution >= 4 is 0 Å². The van der Waals surface area contributed by atoms with Gasteiger partial charge in [-0.2, -0.15) is 8.78 Å². The molecule has 0 spiro atoms. The van der Waals surface area contributed by atoms with Crippen LogP contribution in [0.1, 0.15) is 37.3 Å². The molecule has 0 aliphatic heterocycles. The van der Waals surface area contributed by atoms with Crippen molar-refractivity contribution in [3.8, 4) is 0 Å². The summed E-state index contributed by atoms with van der Waals surface area (Å²) in [6.07, 6.45) is -0.934. The minimum Gasteiger partial charge on any atom is -0.320 e. The van der Waals surface area contributed by atoms with Crippen molar-refractivity contribution in [1.29, 1.82) is 0 Å². The maximum atomic E-state index is 13.6. The van der Waals surface area contributed by atoms with E-state index in [4.69, 9.17) is 0 Å². The second-order valence-electron chi connectivity index (χ2n) is 4.10. The number of alkyl halides is 2. The zero-order valence-electron chi connectivity index (χ0n) is 10.4. The van der Waals surface area contributed by atoms with E-state index < -0.39 is 23.3 Å². The van der Waals surface area contributed by atoms with Gasteiger partial charge in [0.2, 0.25) is 0 Å². The third kappa shape index (κ3) is 3.45. The Morgan fingerprint density at radius 2 is 1.78 bits per heavy atom. The van der Waals surface area contributed by atoms with Crippen LogP contribution in [0.4, 0.5) is 17.6 Å². The van der Waals surface area contributed by atoms with Gasteiger partial charge in [-0.3, -0.25) is 0 Å². The fraction of sp³-hybridized carbons (Fsp3) is 0.538. The number of rotatable bonds is 6. The predicted octanol–water partition coefficient (Wildman–Crippen LogP) is 4.39. The molecule has 1 rings (SSSR count). The summed E-state index contributed by atoms with van der Waals surface area (Å²) in [5.74, 6) is -1.96. The average molecular weight is 264 g/mol. The standard InChI is InChI=1S/C13H16F4O/c1-3-4-5-6-9-7-12(15)10(8-11(9)14)13(16,17)18-2/h7-8H,3-6H2,1-2H3. The number of unbranched alkanes of at least 4 members (excludes halogenated alkanes) is 2. The van der Waals surface area contributed by atoms with Crippen molar-refractivity contribution in [3.63, 3.8) is 0 Å². The molecule has 0 aliphatic carbocycles. The van der Waals surface area contributed by atoms with Crippen molar-refractivity contribution in [1.82, 2.24) is 0 Å². The number of methoxy groups -OCH3 is 1. The van der Waals surface area contributed by atoms with Crippen molar-refractivity contribution < 1.29 is 22.3 Å². The molecular weight excluding hydrogens is 248 g/mol. The first-order valence-corrected chi connectivity index (χ1v) is 5.83. The summed E-state index contributed by atoms with van der Waals surface area (Å²) < 4.78 is 57.2. The first-order chi connectivity index (χ1) is 8.42. The lowest BCUT2D eigenvalue weighted by atomic mass is 10.0. The monoisotopic (exact) mass is 264 g/mol. The van der Waals surface area contributed by atoms with Crippen LogP contribution in [0.2, 0.25) is 0 Å². The van der Waals surface area contributed by atoms with Gasteiger partial charge in [-0.1, -0.05) is 19.8 Å². The molecule has 0 aromatic heterocycles. The lowest BCUT2D eigenvalue weighted by molar-refractivity contribution is -0.233. The van der Waals surface area contributed by atoms with Crippen molar-refractivity contribution in [2.24, 2.45) is 0 Å². The molecule has 0 atom stereocenters. The van der Waals surface area contributed by atoms with Crippen molar-refractivity contribution in [2.45, 2.75) is 38.7 Å². The van der Waals surface area contributed by atoms with Crippen LogP contribution >= 0.6 is 0 Å². The summed E-state index contributed by atoms with van der Waals surface area (Å²) in [6, 6.07) is 1.34. The highest BCUT2D eigenvalue weighted by atomic mass is 19.3. The highest BCUT2D eigenvalue weighted by molar-refractivity contribution is 5.28. The van der Waals surface area contributed by atoms with Crippen LogP contribution in [0.15, 0.2) is 12.1 Å². The molecular formula is C13H16F4O. The van der Waals surface area contributed by atoms with E-state index in [-0.39, 0.29) is 5.56 Å². The van der Waals surface area contributed by atoms with Crippen LogP contribution in [0, 0.1) is 11.6 Å². The molecule has 0 heterocycles. The minimum absolute atomic E-state index is 0.122. The van der Waals surface area contributed by atoms with Crippen molar-refractivity contribution in [2.75, 3.05) is 7.11 Å². The van der Waals surface area contributed by atoms with Crippen LogP contribution in [0.25, 0.3) is 0 Å². The van der Waals surface area contributed by atoms with Gasteiger partial charge in [-0.25, -0.2) is 8.78 Å². The van der Waals surface area contributed by atoms with Crippen molar-refractivity contribution in [3.05, 3.63) is 34.9 Å². The summed E-state index contributed by atoms with van der Waals surface area (Å²) in [5, 5.41) is 0. The molecule has 18 heavy (non-hydrogen) atoms. The fourth-order valence-corrected chi connectivity index (χ4v) is 1.68. The number of benzene rings is 1. The molecule has 0 saturated heterocycles. The Morgan fingerprint density at radius 3 is 2.33 bits per heavy atom. The first-order valence-electron chi connectivity index (χ1n) is 5.83. The lowest BCUT2D eigenvalue weighted by Gasteiger charge is -2.16. The molecule has 1 nitrogen and oxygen atoms in total. The van der Waals surface area contributed by atoms with E-state index in [1.807, 2.05) is 6.92 Å².